The van der Waals surface area contributed by atoms with E-state index >= 15 is 0 Å². The molecule has 0 spiro atoms. The Labute approximate surface area is 114 Å². The molecule has 1 N–H and O–H groups in total. The molecule has 1 heterocycles. The fourth-order valence-electron chi connectivity index (χ4n) is 1.51. The molecule has 2 rings (SSSR count). The van der Waals surface area contributed by atoms with E-state index in [-0.39, 0.29) is 0 Å². The van der Waals surface area contributed by atoms with Crippen LogP contribution in [0.25, 0.3) is 10.2 Å². The summed E-state index contributed by atoms with van der Waals surface area (Å²) in [6.07, 6.45) is 0.219. The van der Waals surface area contributed by atoms with E-state index in [0.717, 1.165) is 11.0 Å². The van der Waals surface area contributed by atoms with E-state index in [0.29, 0.717) is 16.2 Å². The van der Waals surface area contributed by atoms with Crippen LogP contribution in [0.4, 0.5) is 9.93 Å². The van der Waals surface area contributed by atoms with Gasteiger partial charge in [-0.25, -0.2) is 9.78 Å². The molecule has 0 saturated heterocycles. The highest BCUT2D eigenvalue weighted by molar-refractivity contribution is 7.22. The zero-order valence-electron chi connectivity index (χ0n) is 10.9. The second kappa shape index (κ2) is 4.97. The number of carbonyl (C=O) groups excluding carboxylic acids is 2. The van der Waals surface area contributed by atoms with Crippen molar-refractivity contribution in [1.82, 2.24) is 4.98 Å². The Kier molecular flexibility index (Phi) is 3.53. The first kappa shape index (κ1) is 13.5. The molecule has 0 saturated carbocycles. The quantitative estimate of drug-likeness (QED) is 0.854. The van der Waals surface area contributed by atoms with Gasteiger partial charge in [0.2, 0.25) is 0 Å². The highest BCUT2D eigenvalue weighted by atomic mass is 32.1. The molecular formula is C13H14N2O3S. The van der Waals surface area contributed by atoms with E-state index in [9.17, 15) is 9.59 Å². The summed E-state index contributed by atoms with van der Waals surface area (Å²) in [5, 5.41) is 2.98. The van der Waals surface area contributed by atoms with Gasteiger partial charge in [-0.3, -0.25) is 10.1 Å². The number of amides is 1. The van der Waals surface area contributed by atoms with Crippen molar-refractivity contribution in [3.8, 4) is 0 Å². The van der Waals surface area contributed by atoms with Crippen molar-refractivity contribution in [1.29, 1.82) is 0 Å². The smallest absolute Gasteiger partial charge is 0.413 e. The van der Waals surface area contributed by atoms with Crippen molar-refractivity contribution in [2.45, 2.75) is 26.4 Å². The Bertz CT molecular complexity index is 628. The van der Waals surface area contributed by atoms with Crippen molar-refractivity contribution in [3.05, 3.63) is 23.8 Å². The molecule has 1 amide bonds. The zero-order valence-corrected chi connectivity index (χ0v) is 11.7. The van der Waals surface area contributed by atoms with Crippen LogP contribution in [0.3, 0.4) is 0 Å². The van der Waals surface area contributed by atoms with Crippen LogP contribution in [0.5, 0.6) is 0 Å². The van der Waals surface area contributed by atoms with Gasteiger partial charge in [0.1, 0.15) is 5.60 Å². The largest absolute Gasteiger partial charge is 0.444 e. The van der Waals surface area contributed by atoms with Gasteiger partial charge in [0.15, 0.2) is 11.4 Å². The third kappa shape index (κ3) is 3.29. The first-order valence-corrected chi connectivity index (χ1v) is 6.55. The Balaban J connectivity index is 2.23. The third-order valence-electron chi connectivity index (χ3n) is 2.18. The minimum Gasteiger partial charge on any atom is -0.444 e. The number of ether oxygens (including phenoxy) is 1. The van der Waals surface area contributed by atoms with Crippen LogP contribution < -0.4 is 5.32 Å². The van der Waals surface area contributed by atoms with E-state index in [1.54, 1.807) is 39.0 Å². The van der Waals surface area contributed by atoms with Gasteiger partial charge in [0.05, 0.1) is 10.2 Å². The number of thiazole rings is 1. The highest BCUT2D eigenvalue weighted by Crippen LogP contribution is 2.28. The number of aldehydes is 1. The number of anilines is 1. The maximum atomic E-state index is 11.6. The van der Waals surface area contributed by atoms with Gasteiger partial charge in [-0.2, -0.15) is 0 Å². The Morgan fingerprint density at radius 1 is 1.42 bits per heavy atom. The number of fused-ring (bicyclic) bond motifs is 1. The molecule has 0 unspecified atom stereocenters. The van der Waals surface area contributed by atoms with E-state index in [4.69, 9.17) is 4.74 Å². The molecule has 0 aliphatic heterocycles. The molecule has 2 aromatic rings. The lowest BCUT2D eigenvalue weighted by molar-refractivity contribution is 0.0636. The fourth-order valence-corrected chi connectivity index (χ4v) is 2.43. The molecule has 6 heteroatoms. The Hall–Kier alpha value is -1.95. The van der Waals surface area contributed by atoms with Crippen molar-refractivity contribution < 1.29 is 14.3 Å². The first-order chi connectivity index (χ1) is 8.89. The summed E-state index contributed by atoms with van der Waals surface area (Å²) in [5.74, 6) is 0. The summed E-state index contributed by atoms with van der Waals surface area (Å²) in [6.45, 7) is 5.36. The summed E-state index contributed by atoms with van der Waals surface area (Å²) >= 11 is 1.25. The van der Waals surface area contributed by atoms with E-state index in [2.05, 4.69) is 10.3 Å². The van der Waals surface area contributed by atoms with Crippen LogP contribution in [0, 0.1) is 0 Å². The second-order valence-corrected chi connectivity index (χ2v) is 5.96. The molecule has 0 atom stereocenters. The van der Waals surface area contributed by atoms with Crippen LogP contribution in [-0.2, 0) is 4.74 Å². The molecule has 1 aromatic carbocycles. The third-order valence-corrected chi connectivity index (χ3v) is 3.22. The van der Waals surface area contributed by atoms with Crippen molar-refractivity contribution in [2.75, 3.05) is 5.32 Å². The minimum absolute atomic E-state index is 0.415. The predicted molar refractivity (Wildman–Crippen MR) is 74.9 cm³/mol. The fraction of sp³-hybridized carbons (Fsp3) is 0.308. The van der Waals surface area contributed by atoms with Gasteiger partial charge < -0.3 is 4.74 Å². The van der Waals surface area contributed by atoms with Crippen molar-refractivity contribution in [3.63, 3.8) is 0 Å². The van der Waals surface area contributed by atoms with Gasteiger partial charge in [0, 0.05) is 5.56 Å². The first-order valence-electron chi connectivity index (χ1n) is 5.74. The van der Waals surface area contributed by atoms with E-state index in [1.165, 1.54) is 11.3 Å². The van der Waals surface area contributed by atoms with Crippen LogP contribution >= 0.6 is 11.3 Å². The highest BCUT2D eigenvalue weighted by Gasteiger charge is 2.17. The number of nitrogens with zero attached hydrogens (tertiary/aromatic N) is 1. The maximum absolute atomic E-state index is 11.6. The molecule has 100 valence electrons. The number of benzene rings is 1. The maximum Gasteiger partial charge on any atom is 0.413 e. The van der Waals surface area contributed by atoms with Gasteiger partial charge in [-0.1, -0.05) is 23.5 Å². The molecule has 0 bridgehead atoms. The van der Waals surface area contributed by atoms with Crippen LogP contribution in [0.2, 0.25) is 0 Å². The van der Waals surface area contributed by atoms with Crippen molar-refractivity contribution in [2.24, 2.45) is 0 Å². The standard InChI is InChI=1S/C13H14N2O3S/c1-13(2,3)18-12(17)15-11-14-9-6-4-5-8(7-16)10(9)19-11/h4-7H,1-3H3,(H,14,15,17). The van der Waals surface area contributed by atoms with Crippen LogP contribution in [0.1, 0.15) is 31.1 Å². The lowest BCUT2D eigenvalue weighted by Crippen LogP contribution is -2.27. The van der Waals surface area contributed by atoms with E-state index in [1.807, 2.05) is 0 Å². The van der Waals surface area contributed by atoms with E-state index < -0.39 is 11.7 Å². The van der Waals surface area contributed by atoms with Crippen LogP contribution in [0.15, 0.2) is 18.2 Å². The molecule has 1 aromatic heterocycles. The SMILES string of the molecule is CC(C)(C)OC(=O)Nc1nc2cccc(C=O)c2s1. The van der Waals surface area contributed by atoms with Gasteiger partial charge in [0.25, 0.3) is 0 Å². The molecule has 0 radical (unpaired) electrons. The summed E-state index contributed by atoms with van der Waals surface area (Å²) in [7, 11) is 0. The van der Waals surface area contributed by atoms with Gasteiger partial charge in [-0.15, -0.1) is 0 Å². The molecule has 5 nitrogen and oxygen atoms in total. The van der Waals surface area contributed by atoms with Gasteiger partial charge in [-0.05, 0) is 26.8 Å². The number of nitrogens with one attached hydrogen (secondary N) is 1. The number of aromatic nitrogens is 1. The van der Waals surface area contributed by atoms with Gasteiger partial charge >= 0.3 is 6.09 Å². The normalized spacial score (nSPS) is 11.3. The molecule has 0 fully saturated rings. The zero-order chi connectivity index (χ0) is 14.0. The monoisotopic (exact) mass is 278 g/mol. The summed E-state index contributed by atoms with van der Waals surface area (Å²) in [5.41, 5.74) is 0.683. The average molecular weight is 278 g/mol. The Morgan fingerprint density at radius 2 is 2.16 bits per heavy atom. The topological polar surface area (TPSA) is 68.3 Å². The molecular weight excluding hydrogens is 264 g/mol. The average Bonchev–Trinajstić information content (AvgIpc) is 2.67. The molecule has 19 heavy (non-hydrogen) atoms. The Morgan fingerprint density at radius 3 is 2.79 bits per heavy atom. The number of hydrogen-bond acceptors (Lipinski definition) is 5. The number of rotatable bonds is 2. The lowest BCUT2D eigenvalue weighted by Gasteiger charge is -2.18. The summed E-state index contributed by atoms with van der Waals surface area (Å²) < 4.78 is 5.89. The number of hydrogen-bond donors (Lipinski definition) is 1. The predicted octanol–water partition coefficient (Wildman–Crippen LogP) is 3.46. The molecule has 0 aliphatic carbocycles. The number of carbonyl (C=O) groups is 2. The van der Waals surface area contributed by atoms with Crippen molar-refractivity contribution >= 4 is 39.1 Å². The van der Waals surface area contributed by atoms with Crippen LogP contribution in [-0.4, -0.2) is 23.0 Å². The molecule has 0 aliphatic rings. The summed E-state index contributed by atoms with van der Waals surface area (Å²) in [4.78, 5) is 26.8. The minimum atomic E-state index is -0.561. The summed E-state index contributed by atoms with van der Waals surface area (Å²) in [6, 6.07) is 5.26. The lowest BCUT2D eigenvalue weighted by atomic mass is 10.2. The second-order valence-electron chi connectivity index (χ2n) is 4.96.